The number of hydrogen-bond donors (Lipinski definition) is 2. The Balaban J connectivity index is 1.69. The normalized spacial score (nSPS) is 21.8. The number of carbonyl (C=O) groups is 2. The van der Waals surface area contributed by atoms with Crippen LogP contribution in [0.5, 0.6) is 5.75 Å². The number of aryl methyl sites for hydroxylation is 1. The minimum atomic E-state index is -1.35. The minimum absolute atomic E-state index is 0.0438. The summed E-state index contributed by atoms with van der Waals surface area (Å²) < 4.78 is 20.4. The van der Waals surface area contributed by atoms with Crippen LogP contribution in [-0.4, -0.2) is 73.4 Å². The number of piperidine rings is 1. The van der Waals surface area contributed by atoms with Gasteiger partial charge in [0.25, 0.3) is 0 Å². The number of amides is 2. The van der Waals surface area contributed by atoms with E-state index < -0.39 is 24.8 Å². The number of alkyl halides is 1. The maximum absolute atomic E-state index is 14.5. The van der Waals surface area contributed by atoms with Crippen LogP contribution in [0.3, 0.4) is 0 Å². The van der Waals surface area contributed by atoms with Crippen LogP contribution >= 0.6 is 0 Å². The van der Waals surface area contributed by atoms with Gasteiger partial charge in [0, 0.05) is 37.6 Å². The van der Waals surface area contributed by atoms with Crippen LogP contribution in [0.4, 0.5) is 4.39 Å². The molecule has 9 heteroatoms. The predicted octanol–water partition coefficient (Wildman–Crippen LogP) is 1.90. The van der Waals surface area contributed by atoms with Crippen molar-refractivity contribution >= 4 is 30.1 Å². The van der Waals surface area contributed by atoms with Crippen molar-refractivity contribution in [2.45, 2.75) is 38.5 Å². The maximum Gasteiger partial charge on any atom is 0.248 e. The van der Waals surface area contributed by atoms with Crippen LogP contribution in [-0.2, 0) is 9.59 Å². The molecule has 0 aromatic heterocycles. The smallest absolute Gasteiger partial charge is 0.248 e. The Labute approximate surface area is 186 Å². The van der Waals surface area contributed by atoms with E-state index in [4.69, 9.17) is 9.84 Å². The summed E-state index contributed by atoms with van der Waals surface area (Å²) in [5, 5.41) is 11.8. The molecule has 1 aromatic carbocycles. The number of aliphatic hydroxyl groups excluding tert-OH is 1. The SMILES string of the molecule is C=N/C(=C\C(=NC)NC(=O)C1CC1)c1ccc(O[C@H]2CCN(C(=O)CO)C[C@H]2F)c(C)c1. The van der Waals surface area contributed by atoms with Crippen molar-refractivity contribution in [3.63, 3.8) is 0 Å². The highest BCUT2D eigenvalue weighted by Gasteiger charge is 2.33. The lowest BCUT2D eigenvalue weighted by Gasteiger charge is -2.34. The van der Waals surface area contributed by atoms with E-state index in [1.165, 1.54) is 4.90 Å². The fourth-order valence-corrected chi connectivity index (χ4v) is 3.53. The third-order valence-electron chi connectivity index (χ3n) is 5.60. The fourth-order valence-electron chi connectivity index (χ4n) is 3.53. The lowest BCUT2D eigenvalue weighted by molar-refractivity contribution is -0.138. The summed E-state index contributed by atoms with van der Waals surface area (Å²) in [6, 6.07) is 5.38. The number of likely N-dealkylation sites (tertiary alicyclic amines) is 1. The van der Waals surface area contributed by atoms with E-state index in [1.807, 2.05) is 13.0 Å². The van der Waals surface area contributed by atoms with Gasteiger partial charge in [0.15, 0.2) is 6.17 Å². The molecule has 2 N–H and O–H groups in total. The highest BCUT2D eigenvalue weighted by atomic mass is 19.1. The molecule has 8 nitrogen and oxygen atoms in total. The molecular formula is C23H29FN4O4. The second-order valence-corrected chi connectivity index (χ2v) is 8.00. The van der Waals surface area contributed by atoms with Crippen LogP contribution in [0.1, 0.15) is 30.4 Å². The van der Waals surface area contributed by atoms with Crippen molar-refractivity contribution in [1.82, 2.24) is 10.2 Å². The first-order valence-corrected chi connectivity index (χ1v) is 10.6. The van der Waals surface area contributed by atoms with Gasteiger partial charge in [-0.05, 0) is 50.2 Å². The summed E-state index contributed by atoms with van der Waals surface area (Å²) in [4.78, 5) is 33.1. The number of aliphatic imine (C=N–C) groups is 2. The number of amidine groups is 1. The quantitative estimate of drug-likeness (QED) is 0.495. The number of nitrogens with zero attached hydrogens (tertiary/aromatic N) is 3. The number of hydrogen-bond acceptors (Lipinski definition) is 6. The lowest BCUT2D eigenvalue weighted by atomic mass is 10.0. The zero-order valence-electron chi connectivity index (χ0n) is 18.4. The van der Waals surface area contributed by atoms with Crippen LogP contribution in [0, 0.1) is 12.8 Å². The Bertz CT molecular complexity index is 942. The van der Waals surface area contributed by atoms with Gasteiger partial charge in [-0.3, -0.25) is 19.6 Å². The van der Waals surface area contributed by atoms with E-state index in [9.17, 15) is 14.0 Å². The molecule has 0 spiro atoms. The third-order valence-corrected chi connectivity index (χ3v) is 5.60. The molecule has 3 rings (SSSR count). The molecule has 2 amide bonds. The molecule has 1 saturated carbocycles. The van der Waals surface area contributed by atoms with Crippen LogP contribution in [0.25, 0.3) is 5.70 Å². The fraction of sp³-hybridized carbons (Fsp3) is 0.478. The summed E-state index contributed by atoms with van der Waals surface area (Å²) in [6.07, 6.45) is 1.78. The summed E-state index contributed by atoms with van der Waals surface area (Å²) in [5.74, 6) is 0.487. The Morgan fingerprint density at radius 2 is 2.12 bits per heavy atom. The molecule has 172 valence electrons. The number of halogens is 1. The van der Waals surface area contributed by atoms with Gasteiger partial charge in [0.2, 0.25) is 11.8 Å². The molecule has 1 aliphatic carbocycles. The topological polar surface area (TPSA) is 104 Å². The first-order chi connectivity index (χ1) is 15.4. The van der Waals surface area contributed by atoms with Gasteiger partial charge in [0.05, 0.1) is 12.2 Å². The summed E-state index contributed by atoms with van der Waals surface area (Å²) in [6.45, 7) is 5.08. The lowest BCUT2D eigenvalue weighted by Crippen LogP contribution is -2.50. The van der Waals surface area contributed by atoms with E-state index >= 15 is 0 Å². The van der Waals surface area contributed by atoms with Crippen molar-refractivity contribution < 1.29 is 23.8 Å². The second-order valence-electron chi connectivity index (χ2n) is 8.00. The predicted molar refractivity (Wildman–Crippen MR) is 121 cm³/mol. The zero-order chi connectivity index (χ0) is 23.3. The van der Waals surface area contributed by atoms with Gasteiger partial charge in [-0.2, -0.15) is 0 Å². The molecule has 0 unspecified atom stereocenters. The zero-order valence-corrected chi connectivity index (χ0v) is 18.4. The molecule has 2 aliphatic rings. The molecule has 0 bridgehead atoms. The number of benzene rings is 1. The number of aliphatic hydroxyl groups is 1. The monoisotopic (exact) mass is 444 g/mol. The molecule has 1 heterocycles. The number of rotatable bonds is 7. The summed E-state index contributed by atoms with van der Waals surface area (Å²) >= 11 is 0. The van der Waals surface area contributed by atoms with Gasteiger partial charge in [0.1, 0.15) is 24.3 Å². The molecule has 1 aromatic rings. The van der Waals surface area contributed by atoms with Crippen molar-refractivity contribution in [2.24, 2.45) is 15.9 Å². The molecular weight excluding hydrogens is 415 g/mol. The molecule has 2 atom stereocenters. The Morgan fingerprint density at radius 1 is 1.38 bits per heavy atom. The van der Waals surface area contributed by atoms with E-state index in [2.05, 4.69) is 22.0 Å². The average molecular weight is 445 g/mol. The van der Waals surface area contributed by atoms with Crippen LogP contribution in [0.15, 0.2) is 34.3 Å². The molecule has 32 heavy (non-hydrogen) atoms. The number of ether oxygens (including phenoxy) is 1. The molecule has 2 fully saturated rings. The Hall–Kier alpha value is -3.07. The largest absolute Gasteiger partial charge is 0.487 e. The van der Waals surface area contributed by atoms with Crippen molar-refractivity contribution in [3.8, 4) is 5.75 Å². The number of nitrogens with one attached hydrogen (secondary N) is 1. The maximum atomic E-state index is 14.5. The van der Waals surface area contributed by atoms with E-state index in [-0.39, 0.29) is 18.4 Å². The van der Waals surface area contributed by atoms with Gasteiger partial charge < -0.3 is 20.1 Å². The van der Waals surface area contributed by atoms with E-state index in [0.29, 0.717) is 30.2 Å². The average Bonchev–Trinajstić information content (AvgIpc) is 3.64. The second kappa shape index (κ2) is 10.5. The van der Waals surface area contributed by atoms with Gasteiger partial charge in [-0.25, -0.2) is 4.39 Å². The van der Waals surface area contributed by atoms with Gasteiger partial charge in [-0.1, -0.05) is 0 Å². The van der Waals surface area contributed by atoms with Crippen LogP contribution in [0.2, 0.25) is 0 Å². The molecule has 1 saturated heterocycles. The van der Waals surface area contributed by atoms with Crippen LogP contribution < -0.4 is 10.1 Å². The molecule has 1 aliphatic heterocycles. The first-order valence-electron chi connectivity index (χ1n) is 10.6. The first kappa shape index (κ1) is 23.6. The van der Waals surface area contributed by atoms with Gasteiger partial charge in [-0.15, -0.1) is 0 Å². The molecule has 0 radical (unpaired) electrons. The van der Waals surface area contributed by atoms with E-state index in [1.54, 1.807) is 25.3 Å². The third kappa shape index (κ3) is 5.79. The minimum Gasteiger partial charge on any atom is -0.487 e. The van der Waals surface area contributed by atoms with Crippen molar-refractivity contribution in [3.05, 3.63) is 35.4 Å². The standard InChI is InChI=1S/C23H29FN4O4/c1-14-10-16(18(25-2)11-21(26-3)27-23(31)15-4-5-15)6-7-19(14)32-20-8-9-28(12-17(20)24)22(30)13-29/h6-7,10-11,15,17,20,29H,2,4-5,8-9,12-13H2,1,3H3,(H,26,27,31)/b18-11-/t17-,20+/m1/s1. The summed E-state index contributed by atoms with van der Waals surface area (Å²) in [7, 11) is 1.59. The van der Waals surface area contributed by atoms with Crippen molar-refractivity contribution in [2.75, 3.05) is 26.7 Å². The van der Waals surface area contributed by atoms with Gasteiger partial charge >= 0.3 is 0 Å². The van der Waals surface area contributed by atoms with E-state index in [0.717, 1.165) is 24.0 Å². The van der Waals surface area contributed by atoms with Crippen molar-refractivity contribution in [1.29, 1.82) is 0 Å². The Kier molecular flexibility index (Phi) is 7.74. The number of carbonyl (C=O) groups excluding carboxylic acids is 2. The highest BCUT2D eigenvalue weighted by Crippen LogP contribution is 2.29. The Morgan fingerprint density at radius 3 is 2.69 bits per heavy atom. The summed E-state index contributed by atoms with van der Waals surface area (Å²) in [5.41, 5.74) is 2.08. The highest BCUT2D eigenvalue weighted by molar-refractivity contribution is 6.08.